The highest BCUT2D eigenvalue weighted by Gasteiger charge is 2.10. The maximum Gasteiger partial charge on any atom is 0.307 e. The molecule has 0 aliphatic heterocycles. The third-order valence-electron chi connectivity index (χ3n) is 3.19. The van der Waals surface area contributed by atoms with E-state index in [1.165, 1.54) is 13.2 Å². The molecule has 126 valence electrons. The lowest BCUT2D eigenvalue weighted by Gasteiger charge is -2.08. The quantitative estimate of drug-likeness (QED) is 0.792. The smallest absolute Gasteiger partial charge is 0.307 e. The van der Waals surface area contributed by atoms with Gasteiger partial charge < -0.3 is 10.1 Å². The van der Waals surface area contributed by atoms with Gasteiger partial charge in [0.1, 0.15) is 6.54 Å². The van der Waals surface area contributed by atoms with Gasteiger partial charge in [-0.15, -0.1) is 0 Å². The average Bonchev–Trinajstić information content (AvgIpc) is 2.57. The minimum atomic E-state index is -0.426. The number of esters is 1. The molecule has 2 rings (SSSR count). The first-order valence-electron chi connectivity index (χ1n) is 7.18. The van der Waals surface area contributed by atoms with E-state index in [0.29, 0.717) is 16.3 Å². The largest absolute Gasteiger partial charge is 0.469 e. The second-order valence-corrected chi connectivity index (χ2v) is 5.28. The first-order valence-corrected chi connectivity index (χ1v) is 7.55. The second-order valence-electron chi connectivity index (χ2n) is 4.87. The predicted molar refractivity (Wildman–Crippen MR) is 88.6 cm³/mol. The highest BCUT2D eigenvalue weighted by Crippen LogP contribution is 2.24. The third-order valence-corrected chi connectivity index (χ3v) is 3.52. The van der Waals surface area contributed by atoms with Crippen molar-refractivity contribution in [3.05, 3.63) is 51.8 Å². The van der Waals surface area contributed by atoms with Crippen molar-refractivity contribution in [2.75, 3.05) is 13.7 Å². The van der Waals surface area contributed by atoms with E-state index < -0.39 is 17.4 Å². The standard InChI is InChI=1S/C16H16ClN3O4/c1-24-16(23)8-9-18-14(21)10-20-15(22)7-6-13(19-20)11-4-2-3-5-12(11)17/h2-7H,8-10H2,1H3,(H,18,21). The Morgan fingerprint density at radius 3 is 2.71 bits per heavy atom. The lowest BCUT2D eigenvalue weighted by molar-refractivity contribution is -0.140. The van der Waals surface area contributed by atoms with Crippen LogP contribution in [0.25, 0.3) is 11.3 Å². The molecule has 0 bridgehead atoms. The molecule has 1 heterocycles. The van der Waals surface area contributed by atoms with Crippen molar-refractivity contribution in [3.63, 3.8) is 0 Å². The molecule has 0 saturated heterocycles. The molecule has 7 nitrogen and oxygen atoms in total. The summed E-state index contributed by atoms with van der Waals surface area (Å²) in [5.41, 5.74) is 0.746. The fourth-order valence-corrected chi connectivity index (χ4v) is 2.21. The van der Waals surface area contributed by atoms with Gasteiger partial charge >= 0.3 is 5.97 Å². The summed E-state index contributed by atoms with van der Waals surface area (Å²) in [6.07, 6.45) is 0.0598. The number of benzene rings is 1. The van der Waals surface area contributed by atoms with Crippen LogP contribution in [0.2, 0.25) is 5.02 Å². The molecule has 0 saturated carbocycles. The van der Waals surface area contributed by atoms with Crippen LogP contribution >= 0.6 is 11.6 Å². The zero-order chi connectivity index (χ0) is 17.5. The van der Waals surface area contributed by atoms with E-state index in [1.54, 1.807) is 30.3 Å². The van der Waals surface area contributed by atoms with Crippen molar-refractivity contribution in [2.45, 2.75) is 13.0 Å². The Morgan fingerprint density at radius 2 is 2.00 bits per heavy atom. The summed E-state index contributed by atoms with van der Waals surface area (Å²) in [7, 11) is 1.27. The Hall–Kier alpha value is -2.67. The summed E-state index contributed by atoms with van der Waals surface area (Å²) in [5, 5.41) is 7.20. The van der Waals surface area contributed by atoms with Gasteiger partial charge in [0.15, 0.2) is 0 Å². The van der Waals surface area contributed by atoms with Crippen molar-refractivity contribution in [2.24, 2.45) is 0 Å². The first-order chi connectivity index (χ1) is 11.5. The fraction of sp³-hybridized carbons (Fsp3) is 0.250. The summed E-state index contributed by atoms with van der Waals surface area (Å²) in [4.78, 5) is 34.7. The predicted octanol–water partition coefficient (Wildman–Crippen LogP) is 1.24. The lowest BCUT2D eigenvalue weighted by atomic mass is 10.1. The van der Waals surface area contributed by atoms with Crippen LogP contribution in [0.5, 0.6) is 0 Å². The van der Waals surface area contributed by atoms with Crippen LogP contribution in [0.4, 0.5) is 0 Å². The molecule has 1 aromatic carbocycles. The summed E-state index contributed by atoms with van der Waals surface area (Å²) in [6.45, 7) is -0.122. The van der Waals surface area contributed by atoms with Crippen LogP contribution in [0.3, 0.4) is 0 Å². The van der Waals surface area contributed by atoms with Crippen LogP contribution in [0.15, 0.2) is 41.2 Å². The van der Waals surface area contributed by atoms with Gasteiger partial charge in [-0.25, -0.2) is 4.68 Å². The van der Waals surface area contributed by atoms with Gasteiger partial charge in [0.25, 0.3) is 5.56 Å². The number of hydrogen-bond acceptors (Lipinski definition) is 5. The van der Waals surface area contributed by atoms with Gasteiger partial charge in [0.2, 0.25) is 5.91 Å². The fourth-order valence-electron chi connectivity index (χ4n) is 1.97. The van der Waals surface area contributed by atoms with Crippen molar-refractivity contribution >= 4 is 23.5 Å². The molecule has 0 atom stereocenters. The van der Waals surface area contributed by atoms with Gasteiger partial charge in [-0.2, -0.15) is 5.10 Å². The second kappa shape index (κ2) is 8.26. The summed E-state index contributed by atoms with van der Waals surface area (Å²) in [6, 6.07) is 9.96. The molecule has 1 amide bonds. The Balaban J connectivity index is 2.09. The Labute approximate surface area is 143 Å². The zero-order valence-electron chi connectivity index (χ0n) is 13.0. The first kappa shape index (κ1) is 17.7. The van der Waals surface area contributed by atoms with E-state index in [0.717, 1.165) is 4.68 Å². The van der Waals surface area contributed by atoms with Gasteiger partial charge in [-0.05, 0) is 12.1 Å². The molecule has 2 aromatic rings. The van der Waals surface area contributed by atoms with Crippen LogP contribution in [0, 0.1) is 0 Å². The molecular formula is C16H16ClN3O4. The number of amides is 1. The molecular weight excluding hydrogens is 334 g/mol. The van der Waals surface area contributed by atoms with Gasteiger partial charge in [-0.1, -0.05) is 29.8 Å². The minimum absolute atomic E-state index is 0.0598. The number of carbonyl (C=O) groups is 2. The number of nitrogens with one attached hydrogen (secondary N) is 1. The lowest BCUT2D eigenvalue weighted by Crippen LogP contribution is -2.34. The molecule has 1 aromatic heterocycles. The third kappa shape index (κ3) is 4.66. The normalized spacial score (nSPS) is 10.2. The Morgan fingerprint density at radius 1 is 1.25 bits per heavy atom. The van der Waals surface area contributed by atoms with Crippen LogP contribution in [-0.2, 0) is 20.9 Å². The molecule has 0 fully saturated rings. The maximum atomic E-state index is 11.9. The van der Waals surface area contributed by atoms with Crippen molar-refractivity contribution in [1.29, 1.82) is 0 Å². The number of ether oxygens (including phenoxy) is 1. The van der Waals surface area contributed by atoms with Gasteiger partial charge in [0.05, 0.1) is 24.2 Å². The van der Waals surface area contributed by atoms with Crippen LogP contribution in [-0.4, -0.2) is 35.3 Å². The Kier molecular flexibility index (Phi) is 6.08. The average molecular weight is 350 g/mol. The van der Waals surface area contributed by atoms with Gasteiger partial charge in [-0.3, -0.25) is 14.4 Å². The molecule has 1 N–H and O–H groups in total. The van der Waals surface area contributed by atoms with E-state index in [-0.39, 0.29) is 19.5 Å². The molecule has 8 heteroatoms. The van der Waals surface area contributed by atoms with Crippen LogP contribution < -0.4 is 10.9 Å². The van der Waals surface area contributed by atoms with E-state index in [1.807, 2.05) is 0 Å². The highest BCUT2D eigenvalue weighted by molar-refractivity contribution is 6.33. The maximum absolute atomic E-state index is 11.9. The molecule has 0 spiro atoms. The molecule has 0 aliphatic rings. The topological polar surface area (TPSA) is 90.3 Å². The number of rotatable bonds is 6. The molecule has 0 radical (unpaired) electrons. The molecule has 0 unspecified atom stereocenters. The zero-order valence-corrected chi connectivity index (χ0v) is 13.7. The van der Waals surface area contributed by atoms with E-state index in [9.17, 15) is 14.4 Å². The summed E-state index contributed by atoms with van der Waals surface area (Å²) >= 11 is 6.12. The van der Waals surface area contributed by atoms with Crippen molar-refractivity contribution < 1.29 is 14.3 Å². The summed E-state index contributed by atoms with van der Waals surface area (Å²) in [5.74, 6) is -0.851. The monoisotopic (exact) mass is 349 g/mol. The van der Waals surface area contributed by atoms with Crippen LogP contribution in [0.1, 0.15) is 6.42 Å². The molecule has 0 aliphatic carbocycles. The number of halogens is 1. The van der Waals surface area contributed by atoms with E-state index in [2.05, 4.69) is 15.2 Å². The highest BCUT2D eigenvalue weighted by atomic mass is 35.5. The number of nitrogens with zero attached hydrogens (tertiary/aromatic N) is 2. The Bertz CT molecular complexity index is 804. The molecule has 24 heavy (non-hydrogen) atoms. The SMILES string of the molecule is COC(=O)CCNC(=O)Cn1nc(-c2ccccc2Cl)ccc1=O. The van der Waals surface area contributed by atoms with E-state index >= 15 is 0 Å². The summed E-state index contributed by atoms with van der Waals surface area (Å²) < 4.78 is 5.52. The van der Waals surface area contributed by atoms with Crippen molar-refractivity contribution in [1.82, 2.24) is 15.1 Å². The number of methoxy groups -OCH3 is 1. The number of aromatic nitrogens is 2. The number of hydrogen-bond donors (Lipinski definition) is 1. The minimum Gasteiger partial charge on any atom is -0.469 e. The number of carbonyl (C=O) groups excluding carboxylic acids is 2. The van der Waals surface area contributed by atoms with Gasteiger partial charge in [0, 0.05) is 18.2 Å². The van der Waals surface area contributed by atoms with E-state index in [4.69, 9.17) is 11.6 Å². The van der Waals surface area contributed by atoms with Crippen molar-refractivity contribution in [3.8, 4) is 11.3 Å².